The van der Waals surface area contributed by atoms with Crippen LogP contribution in [0.25, 0.3) is 0 Å². The largest absolute Gasteiger partial charge is 0.493 e. The summed E-state index contributed by atoms with van der Waals surface area (Å²) >= 11 is 0. The van der Waals surface area contributed by atoms with Crippen LogP contribution in [0.2, 0.25) is 0 Å². The SMILES string of the molecule is COc1ccc(C2OC2c2cccc(OC)c2OC)cc1OC. The summed E-state index contributed by atoms with van der Waals surface area (Å²) < 4.78 is 27.3. The lowest BCUT2D eigenvalue weighted by Crippen LogP contribution is -1.96. The molecule has 122 valence electrons. The van der Waals surface area contributed by atoms with E-state index in [1.165, 1.54) is 0 Å². The average molecular weight is 316 g/mol. The van der Waals surface area contributed by atoms with Gasteiger partial charge in [-0.25, -0.2) is 0 Å². The maximum absolute atomic E-state index is 5.87. The molecule has 2 aromatic carbocycles. The van der Waals surface area contributed by atoms with Crippen LogP contribution in [0.4, 0.5) is 0 Å². The van der Waals surface area contributed by atoms with Crippen LogP contribution >= 0.6 is 0 Å². The van der Waals surface area contributed by atoms with E-state index in [1.54, 1.807) is 28.4 Å². The average Bonchev–Trinajstić information content (AvgIpc) is 3.40. The molecule has 0 N–H and O–H groups in total. The van der Waals surface area contributed by atoms with E-state index < -0.39 is 0 Å². The van der Waals surface area contributed by atoms with Crippen LogP contribution in [0.15, 0.2) is 36.4 Å². The fourth-order valence-corrected chi connectivity index (χ4v) is 2.77. The number of benzene rings is 2. The molecule has 2 atom stereocenters. The minimum absolute atomic E-state index is 0.0317. The van der Waals surface area contributed by atoms with E-state index in [0.717, 1.165) is 11.1 Å². The fourth-order valence-electron chi connectivity index (χ4n) is 2.77. The Labute approximate surface area is 135 Å². The quantitative estimate of drug-likeness (QED) is 0.763. The van der Waals surface area contributed by atoms with Gasteiger partial charge in [0.2, 0.25) is 0 Å². The minimum Gasteiger partial charge on any atom is -0.493 e. The molecular weight excluding hydrogens is 296 g/mol. The predicted molar refractivity (Wildman–Crippen MR) is 85.7 cm³/mol. The third-order valence-corrected chi connectivity index (χ3v) is 3.97. The lowest BCUT2D eigenvalue weighted by atomic mass is 10.0. The standard InChI is InChI=1S/C18H20O5/c1-19-13-9-8-11(10-15(13)21-3)16-18(23-16)12-6-5-7-14(20-2)17(12)22-4/h5-10,16,18H,1-4H3. The first-order chi connectivity index (χ1) is 11.2. The van der Waals surface area contributed by atoms with E-state index in [1.807, 2.05) is 36.4 Å². The van der Waals surface area contributed by atoms with Gasteiger partial charge in [0.25, 0.3) is 0 Å². The number of methoxy groups -OCH3 is 4. The van der Waals surface area contributed by atoms with Gasteiger partial charge in [0.1, 0.15) is 12.2 Å². The molecule has 0 spiro atoms. The van der Waals surface area contributed by atoms with Gasteiger partial charge in [-0.15, -0.1) is 0 Å². The summed E-state index contributed by atoms with van der Waals surface area (Å²) in [6, 6.07) is 11.6. The number of hydrogen-bond donors (Lipinski definition) is 0. The lowest BCUT2D eigenvalue weighted by molar-refractivity contribution is 0.339. The number of ether oxygens (including phenoxy) is 5. The summed E-state index contributed by atoms with van der Waals surface area (Å²) in [5.41, 5.74) is 2.02. The van der Waals surface area contributed by atoms with Crippen molar-refractivity contribution in [3.8, 4) is 23.0 Å². The molecule has 0 aliphatic carbocycles. The molecule has 2 unspecified atom stereocenters. The van der Waals surface area contributed by atoms with Gasteiger partial charge < -0.3 is 23.7 Å². The van der Waals surface area contributed by atoms with E-state index in [2.05, 4.69) is 0 Å². The highest BCUT2D eigenvalue weighted by Gasteiger charge is 2.44. The second-order valence-electron chi connectivity index (χ2n) is 5.17. The summed E-state index contributed by atoms with van der Waals surface area (Å²) in [5, 5.41) is 0. The number of hydrogen-bond acceptors (Lipinski definition) is 5. The van der Waals surface area contributed by atoms with Gasteiger partial charge in [-0.1, -0.05) is 18.2 Å². The van der Waals surface area contributed by atoms with Gasteiger partial charge in [0.05, 0.1) is 28.4 Å². The Morgan fingerprint density at radius 2 is 1.48 bits per heavy atom. The normalized spacial score (nSPS) is 19.1. The molecule has 5 nitrogen and oxygen atoms in total. The molecule has 0 amide bonds. The zero-order chi connectivity index (χ0) is 16.4. The van der Waals surface area contributed by atoms with Crippen molar-refractivity contribution in [3.05, 3.63) is 47.5 Å². The van der Waals surface area contributed by atoms with Crippen molar-refractivity contribution in [1.29, 1.82) is 0 Å². The first-order valence-electron chi connectivity index (χ1n) is 7.31. The highest BCUT2D eigenvalue weighted by atomic mass is 16.6. The van der Waals surface area contributed by atoms with E-state index in [9.17, 15) is 0 Å². The Kier molecular flexibility index (Phi) is 4.30. The van der Waals surface area contributed by atoms with Crippen molar-refractivity contribution in [3.63, 3.8) is 0 Å². The van der Waals surface area contributed by atoms with Crippen molar-refractivity contribution in [2.45, 2.75) is 12.2 Å². The van der Waals surface area contributed by atoms with E-state index >= 15 is 0 Å². The molecular formula is C18H20O5. The minimum atomic E-state index is -0.0573. The molecule has 1 aliphatic heterocycles. The summed E-state index contributed by atoms with van der Waals surface area (Å²) in [6.45, 7) is 0. The monoisotopic (exact) mass is 316 g/mol. The molecule has 23 heavy (non-hydrogen) atoms. The summed E-state index contributed by atoms with van der Waals surface area (Å²) in [6.07, 6.45) is -0.0889. The predicted octanol–water partition coefficient (Wildman–Crippen LogP) is 3.53. The molecule has 2 aromatic rings. The van der Waals surface area contributed by atoms with Gasteiger partial charge in [-0.3, -0.25) is 0 Å². The molecule has 1 heterocycles. The smallest absolute Gasteiger partial charge is 0.166 e. The Morgan fingerprint density at radius 3 is 2.13 bits per heavy atom. The molecule has 0 saturated carbocycles. The topological polar surface area (TPSA) is 49.5 Å². The Hall–Kier alpha value is -2.40. The van der Waals surface area contributed by atoms with E-state index in [4.69, 9.17) is 23.7 Å². The van der Waals surface area contributed by atoms with Crippen molar-refractivity contribution < 1.29 is 23.7 Å². The molecule has 1 saturated heterocycles. The van der Waals surface area contributed by atoms with Gasteiger partial charge in [0, 0.05) is 5.56 Å². The van der Waals surface area contributed by atoms with Gasteiger partial charge >= 0.3 is 0 Å². The Bertz CT molecular complexity index is 698. The van der Waals surface area contributed by atoms with Crippen molar-refractivity contribution >= 4 is 0 Å². The van der Waals surface area contributed by atoms with E-state index in [0.29, 0.717) is 23.0 Å². The summed E-state index contributed by atoms with van der Waals surface area (Å²) in [4.78, 5) is 0. The van der Waals surface area contributed by atoms with E-state index in [-0.39, 0.29) is 12.2 Å². The van der Waals surface area contributed by atoms with Crippen LogP contribution in [-0.4, -0.2) is 28.4 Å². The van der Waals surface area contributed by atoms with Gasteiger partial charge in [0.15, 0.2) is 23.0 Å². The van der Waals surface area contributed by atoms with Crippen LogP contribution < -0.4 is 18.9 Å². The summed E-state index contributed by atoms with van der Waals surface area (Å²) in [5.74, 6) is 2.80. The zero-order valence-electron chi connectivity index (χ0n) is 13.7. The Morgan fingerprint density at radius 1 is 0.739 bits per heavy atom. The molecule has 1 aliphatic rings. The molecule has 0 aromatic heterocycles. The second kappa shape index (κ2) is 6.38. The molecule has 5 heteroatoms. The van der Waals surface area contributed by atoms with Crippen LogP contribution in [0, 0.1) is 0 Å². The van der Waals surface area contributed by atoms with Crippen LogP contribution in [-0.2, 0) is 4.74 Å². The second-order valence-corrected chi connectivity index (χ2v) is 5.17. The van der Waals surface area contributed by atoms with Gasteiger partial charge in [-0.2, -0.15) is 0 Å². The first kappa shape index (κ1) is 15.5. The first-order valence-corrected chi connectivity index (χ1v) is 7.31. The molecule has 1 fully saturated rings. The third kappa shape index (κ3) is 2.80. The molecule has 3 rings (SSSR count). The third-order valence-electron chi connectivity index (χ3n) is 3.97. The number of rotatable bonds is 6. The maximum Gasteiger partial charge on any atom is 0.166 e. The zero-order valence-corrected chi connectivity index (χ0v) is 13.7. The van der Waals surface area contributed by atoms with Crippen LogP contribution in [0.5, 0.6) is 23.0 Å². The summed E-state index contributed by atoms with van der Waals surface area (Å²) in [7, 11) is 6.50. The lowest BCUT2D eigenvalue weighted by Gasteiger charge is -2.11. The fraction of sp³-hybridized carbons (Fsp3) is 0.333. The highest BCUT2D eigenvalue weighted by Crippen LogP contribution is 2.55. The van der Waals surface area contributed by atoms with Crippen LogP contribution in [0.1, 0.15) is 23.3 Å². The molecule has 0 bridgehead atoms. The Balaban J connectivity index is 1.88. The maximum atomic E-state index is 5.87. The van der Waals surface area contributed by atoms with Crippen molar-refractivity contribution in [1.82, 2.24) is 0 Å². The van der Waals surface area contributed by atoms with Gasteiger partial charge in [-0.05, 0) is 23.8 Å². The number of para-hydroxylation sites is 1. The molecule has 0 radical (unpaired) electrons. The van der Waals surface area contributed by atoms with Crippen molar-refractivity contribution in [2.75, 3.05) is 28.4 Å². The number of epoxide rings is 1. The van der Waals surface area contributed by atoms with Crippen LogP contribution in [0.3, 0.4) is 0 Å². The van der Waals surface area contributed by atoms with Crippen molar-refractivity contribution in [2.24, 2.45) is 0 Å². The highest BCUT2D eigenvalue weighted by molar-refractivity contribution is 5.51.